The van der Waals surface area contributed by atoms with Crippen LogP contribution in [-0.4, -0.2) is 53.0 Å². The Labute approximate surface area is 149 Å². The minimum Gasteiger partial charge on any atom is -0.352 e. The molecule has 122 valence electrons. The van der Waals surface area contributed by atoms with Gasteiger partial charge in [0.15, 0.2) is 5.96 Å². The molecule has 2 aliphatic rings. The lowest BCUT2D eigenvalue weighted by Crippen LogP contribution is -2.44. The van der Waals surface area contributed by atoms with Crippen molar-refractivity contribution in [2.75, 3.05) is 20.1 Å². The fraction of sp³-hybridized carbons (Fsp3) is 0.667. The first-order valence-electron chi connectivity index (χ1n) is 7.74. The number of guanidine groups is 1. The van der Waals surface area contributed by atoms with Gasteiger partial charge in [-0.1, -0.05) is 0 Å². The average Bonchev–Trinajstić information content (AvgIpc) is 3.23. The second kappa shape index (κ2) is 8.05. The first-order chi connectivity index (χ1) is 10.2. The summed E-state index contributed by atoms with van der Waals surface area (Å²) in [4.78, 5) is 15.4. The lowest BCUT2D eigenvalue weighted by molar-refractivity contribution is 0.321. The van der Waals surface area contributed by atoms with Crippen molar-refractivity contribution in [3.63, 3.8) is 0 Å². The van der Waals surface area contributed by atoms with Gasteiger partial charge < -0.3 is 10.6 Å². The molecule has 2 fully saturated rings. The predicted octanol–water partition coefficient (Wildman–Crippen LogP) is 1.30. The van der Waals surface area contributed by atoms with E-state index in [9.17, 15) is 0 Å². The molecular weight excluding hydrogens is 391 g/mol. The molecule has 1 atom stereocenters. The summed E-state index contributed by atoms with van der Waals surface area (Å²) in [7, 11) is 1.81. The molecule has 2 heterocycles. The van der Waals surface area contributed by atoms with Gasteiger partial charge in [0.25, 0.3) is 0 Å². The van der Waals surface area contributed by atoms with Crippen molar-refractivity contribution in [1.29, 1.82) is 0 Å². The summed E-state index contributed by atoms with van der Waals surface area (Å²) >= 11 is 0. The van der Waals surface area contributed by atoms with E-state index in [2.05, 4.69) is 30.5 Å². The minimum absolute atomic E-state index is 0. The molecule has 1 aromatic heterocycles. The molecule has 1 aliphatic heterocycles. The highest BCUT2D eigenvalue weighted by atomic mass is 127. The number of aliphatic imine (C=N–C) groups is 1. The lowest BCUT2D eigenvalue weighted by atomic mass is 10.3. The molecule has 0 bridgehead atoms. The second-order valence-corrected chi connectivity index (χ2v) is 5.88. The molecule has 3 rings (SSSR count). The van der Waals surface area contributed by atoms with Crippen LogP contribution in [0, 0.1) is 6.92 Å². The van der Waals surface area contributed by atoms with E-state index in [1.807, 2.05) is 20.0 Å². The van der Waals surface area contributed by atoms with Gasteiger partial charge in [-0.2, -0.15) is 0 Å². The first-order valence-corrected chi connectivity index (χ1v) is 7.74. The topological polar surface area (TPSA) is 65.4 Å². The third kappa shape index (κ3) is 4.77. The molecule has 0 aromatic carbocycles. The molecule has 22 heavy (non-hydrogen) atoms. The maximum absolute atomic E-state index is 4.39. The molecule has 1 saturated carbocycles. The Morgan fingerprint density at radius 3 is 2.91 bits per heavy atom. The van der Waals surface area contributed by atoms with E-state index in [1.54, 1.807) is 6.20 Å². The molecule has 0 amide bonds. The Bertz CT molecular complexity index is 517. The van der Waals surface area contributed by atoms with E-state index in [4.69, 9.17) is 0 Å². The Hall–Kier alpha value is -0.960. The van der Waals surface area contributed by atoms with Crippen LogP contribution in [0.5, 0.6) is 0 Å². The van der Waals surface area contributed by atoms with Crippen LogP contribution in [0.25, 0.3) is 0 Å². The van der Waals surface area contributed by atoms with Gasteiger partial charge in [-0.25, -0.2) is 9.97 Å². The fourth-order valence-corrected chi connectivity index (χ4v) is 2.84. The van der Waals surface area contributed by atoms with Crippen LogP contribution in [-0.2, 0) is 6.54 Å². The van der Waals surface area contributed by atoms with Gasteiger partial charge in [0.1, 0.15) is 5.82 Å². The maximum Gasteiger partial charge on any atom is 0.191 e. The van der Waals surface area contributed by atoms with Crippen molar-refractivity contribution in [3.05, 3.63) is 23.8 Å². The van der Waals surface area contributed by atoms with E-state index in [0.29, 0.717) is 12.6 Å². The molecule has 0 radical (unpaired) electrons. The van der Waals surface area contributed by atoms with Crippen molar-refractivity contribution in [2.24, 2.45) is 4.99 Å². The van der Waals surface area contributed by atoms with Gasteiger partial charge in [0, 0.05) is 38.4 Å². The summed E-state index contributed by atoms with van der Waals surface area (Å²) in [5.74, 6) is 1.65. The molecular formula is C15H25IN6. The van der Waals surface area contributed by atoms with Crippen LogP contribution in [0.2, 0.25) is 0 Å². The molecule has 7 heteroatoms. The Kier molecular flexibility index (Phi) is 6.37. The molecule has 1 aliphatic carbocycles. The number of likely N-dealkylation sites (tertiary alicyclic amines) is 1. The van der Waals surface area contributed by atoms with Crippen LogP contribution in [0.15, 0.2) is 17.3 Å². The van der Waals surface area contributed by atoms with Crippen LogP contribution < -0.4 is 10.6 Å². The van der Waals surface area contributed by atoms with Crippen LogP contribution in [0.3, 0.4) is 0 Å². The third-order valence-electron chi connectivity index (χ3n) is 4.12. The van der Waals surface area contributed by atoms with Crippen molar-refractivity contribution in [2.45, 2.75) is 44.8 Å². The van der Waals surface area contributed by atoms with Crippen molar-refractivity contribution in [3.8, 4) is 0 Å². The zero-order valence-corrected chi connectivity index (χ0v) is 15.6. The van der Waals surface area contributed by atoms with Crippen LogP contribution in [0.1, 0.15) is 30.8 Å². The first kappa shape index (κ1) is 17.4. The summed E-state index contributed by atoms with van der Waals surface area (Å²) in [5.41, 5.74) is 0.983. The SMILES string of the molecule is CN=C(NCc1ccnc(C)n1)NC1CCN(C2CC2)C1.I. The van der Waals surface area contributed by atoms with Gasteiger partial charge in [0.05, 0.1) is 12.2 Å². The monoisotopic (exact) mass is 416 g/mol. The van der Waals surface area contributed by atoms with Crippen molar-refractivity contribution < 1.29 is 0 Å². The lowest BCUT2D eigenvalue weighted by Gasteiger charge is -2.18. The highest BCUT2D eigenvalue weighted by Crippen LogP contribution is 2.29. The van der Waals surface area contributed by atoms with Gasteiger partial charge >= 0.3 is 0 Å². The van der Waals surface area contributed by atoms with E-state index in [1.165, 1.54) is 25.8 Å². The number of rotatable bonds is 4. The van der Waals surface area contributed by atoms with Gasteiger partial charge in [-0.3, -0.25) is 9.89 Å². The number of aryl methyl sites for hydroxylation is 1. The van der Waals surface area contributed by atoms with Gasteiger partial charge in [-0.15, -0.1) is 24.0 Å². The zero-order valence-electron chi connectivity index (χ0n) is 13.2. The number of halogens is 1. The number of nitrogens with one attached hydrogen (secondary N) is 2. The summed E-state index contributed by atoms with van der Waals surface area (Å²) in [6.07, 6.45) is 5.75. The number of aromatic nitrogens is 2. The Balaban J connectivity index is 0.00000176. The van der Waals surface area contributed by atoms with E-state index >= 15 is 0 Å². The van der Waals surface area contributed by atoms with Gasteiger partial charge in [-0.05, 0) is 32.3 Å². The summed E-state index contributed by atoms with van der Waals surface area (Å²) in [6, 6.07) is 3.29. The summed E-state index contributed by atoms with van der Waals surface area (Å²) in [5, 5.41) is 6.85. The standard InChI is InChI=1S/C15H24N6.HI/c1-11-17-7-5-12(19-11)9-18-15(16-2)20-13-6-8-21(10-13)14-3-4-14;/h5,7,13-14H,3-4,6,8-10H2,1-2H3,(H2,16,18,20);1H. The summed E-state index contributed by atoms with van der Waals surface area (Å²) < 4.78 is 0. The largest absolute Gasteiger partial charge is 0.352 e. The van der Waals surface area contributed by atoms with Crippen molar-refractivity contribution in [1.82, 2.24) is 25.5 Å². The second-order valence-electron chi connectivity index (χ2n) is 5.88. The van der Waals surface area contributed by atoms with Crippen molar-refractivity contribution >= 4 is 29.9 Å². The smallest absolute Gasteiger partial charge is 0.191 e. The molecule has 1 aromatic rings. The molecule has 1 saturated heterocycles. The molecule has 2 N–H and O–H groups in total. The molecule has 0 spiro atoms. The van der Waals surface area contributed by atoms with Gasteiger partial charge in [0.2, 0.25) is 0 Å². The zero-order chi connectivity index (χ0) is 14.7. The fourth-order valence-electron chi connectivity index (χ4n) is 2.84. The molecule has 6 nitrogen and oxygen atoms in total. The van der Waals surface area contributed by atoms with E-state index in [-0.39, 0.29) is 24.0 Å². The third-order valence-corrected chi connectivity index (χ3v) is 4.12. The number of nitrogens with zero attached hydrogens (tertiary/aromatic N) is 4. The average molecular weight is 416 g/mol. The highest BCUT2D eigenvalue weighted by Gasteiger charge is 2.34. The van der Waals surface area contributed by atoms with E-state index in [0.717, 1.165) is 30.1 Å². The number of hydrogen-bond acceptors (Lipinski definition) is 4. The number of hydrogen-bond donors (Lipinski definition) is 2. The summed E-state index contributed by atoms with van der Waals surface area (Å²) in [6.45, 7) is 4.92. The Morgan fingerprint density at radius 2 is 2.23 bits per heavy atom. The predicted molar refractivity (Wildman–Crippen MR) is 98.5 cm³/mol. The normalized spacial score (nSPS) is 22.3. The minimum atomic E-state index is 0. The van der Waals surface area contributed by atoms with Crippen LogP contribution >= 0.6 is 24.0 Å². The quantitative estimate of drug-likeness (QED) is 0.440. The van der Waals surface area contributed by atoms with E-state index < -0.39 is 0 Å². The Morgan fingerprint density at radius 1 is 1.41 bits per heavy atom. The molecule has 1 unspecified atom stereocenters. The highest BCUT2D eigenvalue weighted by molar-refractivity contribution is 14.0. The van der Waals surface area contributed by atoms with Crippen LogP contribution in [0.4, 0.5) is 0 Å². The maximum atomic E-state index is 4.39.